The molecule has 0 bridgehead atoms. The molecule has 2 N–H and O–H groups in total. The molecule has 0 spiro atoms. The fourth-order valence-electron chi connectivity index (χ4n) is 0.708. The average molecular weight is 206 g/mol. The molecule has 1 rings (SSSR count). The van der Waals surface area contributed by atoms with Gasteiger partial charge < -0.3 is 0 Å². The maximum atomic E-state index is 10.3. The molecule has 0 saturated heterocycles. The molecule has 70 valence electrons. The van der Waals surface area contributed by atoms with Gasteiger partial charge in [-0.05, 0) is 6.07 Å². The largest absolute Gasteiger partial charge is 0.316 e. The summed E-state index contributed by atoms with van der Waals surface area (Å²) in [4.78, 5) is 12.8. The summed E-state index contributed by atoms with van der Waals surface area (Å²) in [7, 11) is 0. The van der Waals surface area contributed by atoms with Gasteiger partial charge in [-0.15, -0.1) is 5.23 Å². The number of pyridine rings is 1. The first kappa shape index (κ1) is 9.65. The molecule has 0 saturated carbocycles. The van der Waals surface area contributed by atoms with Gasteiger partial charge >= 0.3 is 5.69 Å². The monoisotopic (exact) mass is 205 g/mol. The van der Waals surface area contributed by atoms with Crippen LogP contribution in [0.15, 0.2) is 12.1 Å². The summed E-state index contributed by atoms with van der Waals surface area (Å²) in [6.07, 6.45) is 0. The molecular weight excluding hydrogens is 202 g/mol. The van der Waals surface area contributed by atoms with Crippen molar-refractivity contribution in [3.05, 3.63) is 27.4 Å². The molecule has 0 fully saturated rings. The van der Waals surface area contributed by atoms with E-state index in [4.69, 9.17) is 22.0 Å². The molecule has 0 aliphatic carbocycles. The van der Waals surface area contributed by atoms with Crippen LogP contribution in [-0.4, -0.2) is 20.3 Å². The lowest BCUT2D eigenvalue weighted by Gasteiger charge is -2.06. The van der Waals surface area contributed by atoms with Gasteiger partial charge in [0.25, 0.3) is 5.82 Å². The minimum Gasteiger partial charge on any atom is -0.262 e. The Hall–Kier alpha value is -1.44. The number of hydrogen-bond acceptors (Lipinski definition) is 6. The highest BCUT2D eigenvalue weighted by molar-refractivity contribution is 6.29. The van der Waals surface area contributed by atoms with E-state index in [9.17, 15) is 10.1 Å². The highest BCUT2D eigenvalue weighted by atomic mass is 35.5. The molecule has 0 aromatic carbocycles. The van der Waals surface area contributed by atoms with Crippen molar-refractivity contribution in [3.63, 3.8) is 0 Å². The molecule has 8 heteroatoms. The molecule has 0 radical (unpaired) electrons. The molecule has 0 unspecified atom stereocenters. The van der Waals surface area contributed by atoms with Crippen molar-refractivity contribution in [1.82, 2.24) is 4.98 Å². The number of aromatic nitrogens is 1. The minimum atomic E-state index is -0.807. The van der Waals surface area contributed by atoms with Crippen molar-refractivity contribution in [2.24, 2.45) is 0 Å². The SMILES string of the molecule is O=[N+]([O-])c1ccc(Cl)nc1N(O)O. The van der Waals surface area contributed by atoms with E-state index in [0.29, 0.717) is 0 Å². The summed E-state index contributed by atoms with van der Waals surface area (Å²) in [6, 6.07) is 2.19. The summed E-state index contributed by atoms with van der Waals surface area (Å²) >= 11 is 5.38. The second-order valence-corrected chi connectivity index (χ2v) is 2.41. The highest BCUT2D eigenvalue weighted by Gasteiger charge is 2.19. The first-order valence-corrected chi connectivity index (χ1v) is 3.39. The predicted octanol–water partition coefficient (Wildman–Crippen LogP) is 1.23. The van der Waals surface area contributed by atoms with E-state index in [0.717, 1.165) is 6.07 Å². The van der Waals surface area contributed by atoms with Crippen LogP contribution < -0.4 is 5.23 Å². The van der Waals surface area contributed by atoms with Gasteiger partial charge in [0.05, 0.1) is 4.92 Å². The Morgan fingerprint density at radius 3 is 2.62 bits per heavy atom. The first-order valence-electron chi connectivity index (χ1n) is 3.01. The summed E-state index contributed by atoms with van der Waals surface area (Å²) < 4.78 is 0. The van der Waals surface area contributed by atoms with Crippen LogP contribution in [0, 0.1) is 10.1 Å². The maximum absolute atomic E-state index is 10.3. The number of rotatable bonds is 2. The number of nitrogens with zero attached hydrogens (tertiary/aromatic N) is 3. The molecule has 0 aliphatic rings. The van der Waals surface area contributed by atoms with Crippen LogP contribution in [0.4, 0.5) is 11.5 Å². The molecule has 1 aromatic rings. The van der Waals surface area contributed by atoms with Crippen LogP contribution in [0.2, 0.25) is 5.15 Å². The molecule has 1 heterocycles. The highest BCUT2D eigenvalue weighted by Crippen LogP contribution is 2.25. The number of anilines is 1. The lowest BCUT2D eigenvalue weighted by atomic mass is 10.4. The van der Waals surface area contributed by atoms with E-state index in [2.05, 4.69) is 4.98 Å². The number of hydrogen-bond donors (Lipinski definition) is 2. The normalized spacial score (nSPS) is 9.77. The van der Waals surface area contributed by atoms with Crippen LogP contribution in [-0.2, 0) is 0 Å². The summed E-state index contributed by atoms with van der Waals surface area (Å²) in [5.74, 6) is -0.627. The fraction of sp³-hybridized carbons (Fsp3) is 0. The van der Waals surface area contributed by atoms with Crippen molar-refractivity contribution in [2.45, 2.75) is 0 Å². The summed E-state index contributed by atoms with van der Waals surface area (Å²) in [6.45, 7) is 0. The topological polar surface area (TPSA) is 99.7 Å². The third kappa shape index (κ3) is 2.02. The lowest BCUT2D eigenvalue weighted by molar-refractivity contribution is -0.384. The lowest BCUT2D eigenvalue weighted by Crippen LogP contribution is -2.14. The Balaban J connectivity index is 3.26. The van der Waals surface area contributed by atoms with Crippen molar-refractivity contribution in [1.29, 1.82) is 0 Å². The van der Waals surface area contributed by atoms with Gasteiger partial charge in [0, 0.05) is 6.07 Å². The maximum Gasteiger partial charge on any atom is 0.316 e. The van der Waals surface area contributed by atoms with Gasteiger partial charge in [0.1, 0.15) is 5.15 Å². The average Bonchev–Trinajstić information content (AvgIpc) is 2.03. The standard InChI is InChI=1S/C5H4ClN3O4/c6-4-2-1-3(8(10)11)5(7-4)9(12)13/h1-2,12-13H. The number of nitro groups is 1. The molecule has 7 nitrogen and oxygen atoms in total. The van der Waals surface area contributed by atoms with Gasteiger partial charge in [-0.1, -0.05) is 11.6 Å². The summed E-state index contributed by atoms with van der Waals surface area (Å²) in [5.41, 5.74) is -0.547. The van der Waals surface area contributed by atoms with E-state index in [1.165, 1.54) is 6.07 Å². The number of halogens is 1. The Bertz CT molecular complexity index is 343. The van der Waals surface area contributed by atoms with E-state index in [1.807, 2.05) is 0 Å². The van der Waals surface area contributed by atoms with E-state index in [-0.39, 0.29) is 5.15 Å². The van der Waals surface area contributed by atoms with Gasteiger partial charge in [-0.3, -0.25) is 20.5 Å². The molecule has 0 amide bonds. The molecular formula is C5H4ClN3O4. The molecule has 0 atom stereocenters. The summed E-state index contributed by atoms with van der Waals surface area (Å²) in [5, 5.41) is 26.9. The van der Waals surface area contributed by atoms with Crippen LogP contribution in [0.5, 0.6) is 0 Å². The Morgan fingerprint density at radius 1 is 1.54 bits per heavy atom. The van der Waals surface area contributed by atoms with E-state index < -0.39 is 21.7 Å². The Morgan fingerprint density at radius 2 is 2.15 bits per heavy atom. The van der Waals surface area contributed by atoms with Gasteiger partial charge in [0.15, 0.2) is 0 Å². The third-order valence-electron chi connectivity index (χ3n) is 1.21. The minimum absolute atomic E-state index is 0.0753. The predicted molar refractivity (Wildman–Crippen MR) is 42.0 cm³/mol. The Kier molecular flexibility index (Phi) is 2.61. The molecule has 0 aliphatic heterocycles. The van der Waals surface area contributed by atoms with E-state index >= 15 is 0 Å². The van der Waals surface area contributed by atoms with Crippen LogP contribution in [0.3, 0.4) is 0 Å². The van der Waals surface area contributed by atoms with Crippen molar-refractivity contribution in [3.8, 4) is 0 Å². The Labute approximate surface area is 76.9 Å². The zero-order chi connectivity index (χ0) is 10.0. The van der Waals surface area contributed by atoms with Crippen LogP contribution >= 0.6 is 11.6 Å². The fourth-order valence-corrected chi connectivity index (χ4v) is 0.851. The van der Waals surface area contributed by atoms with Crippen molar-refractivity contribution in [2.75, 3.05) is 5.23 Å². The van der Waals surface area contributed by atoms with Crippen LogP contribution in [0.1, 0.15) is 0 Å². The first-order chi connectivity index (χ1) is 6.02. The third-order valence-corrected chi connectivity index (χ3v) is 1.42. The van der Waals surface area contributed by atoms with Gasteiger partial charge in [0.2, 0.25) is 0 Å². The second-order valence-electron chi connectivity index (χ2n) is 2.02. The van der Waals surface area contributed by atoms with Crippen molar-refractivity contribution >= 4 is 23.1 Å². The van der Waals surface area contributed by atoms with Crippen molar-refractivity contribution < 1.29 is 15.3 Å². The zero-order valence-electron chi connectivity index (χ0n) is 6.09. The molecule has 13 heavy (non-hydrogen) atoms. The molecule has 1 aromatic heterocycles. The van der Waals surface area contributed by atoms with E-state index in [1.54, 1.807) is 0 Å². The second kappa shape index (κ2) is 3.52. The zero-order valence-corrected chi connectivity index (χ0v) is 6.84. The van der Waals surface area contributed by atoms with Crippen LogP contribution in [0.25, 0.3) is 0 Å². The quantitative estimate of drug-likeness (QED) is 0.428. The van der Waals surface area contributed by atoms with Gasteiger partial charge in [-0.25, -0.2) is 4.98 Å². The van der Waals surface area contributed by atoms with Gasteiger partial charge in [-0.2, -0.15) is 0 Å². The smallest absolute Gasteiger partial charge is 0.262 e.